The largest absolute Gasteiger partial charge is 0.454 e. The Balaban J connectivity index is 2.12. The molecule has 0 aliphatic carbocycles. The molecule has 3 rings (SSSR count). The standard InChI is InChI=1S/C14H10BrNO3/c15-11-6-13-12(18-7-19-13)5-10(11)8-2-1-3-9(4-8)14(16)17/h1-6H,7H2,(H2,16,17). The van der Waals surface area contributed by atoms with Crippen molar-refractivity contribution < 1.29 is 14.3 Å². The molecule has 1 aliphatic rings. The second-order valence-corrected chi connectivity index (χ2v) is 4.98. The number of halogens is 1. The van der Waals surface area contributed by atoms with E-state index in [1.54, 1.807) is 18.2 Å². The van der Waals surface area contributed by atoms with Gasteiger partial charge in [0.2, 0.25) is 12.7 Å². The predicted molar refractivity (Wildman–Crippen MR) is 74.2 cm³/mol. The Morgan fingerprint density at radius 3 is 2.63 bits per heavy atom. The van der Waals surface area contributed by atoms with E-state index in [0.717, 1.165) is 15.6 Å². The summed E-state index contributed by atoms with van der Waals surface area (Å²) in [4.78, 5) is 11.2. The van der Waals surface area contributed by atoms with Gasteiger partial charge in [-0.1, -0.05) is 28.1 Å². The summed E-state index contributed by atoms with van der Waals surface area (Å²) in [6.07, 6.45) is 0. The molecule has 0 fully saturated rings. The van der Waals surface area contributed by atoms with Crippen LogP contribution < -0.4 is 15.2 Å². The predicted octanol–water partition coefficient (Wildman–Crippen LogP) is 2.94. The first kappa shape index (κ1) is 12.0. The van der Waals surface area contributed by atoms with E-state index in [2.05, 4.69) is 15.9 Å². The van der Waals surface area contributed by atoms with Crippen molar-refractivity contribution in [3.8, 4) is 22.6 Å². The molecule has 0 saturated carbocycles. The normalized spacial score (nSPS) is 12.5. The van der Waals surface area contributed by atoms with E-state index in [0.29, 0.717) is 17.1 Å². The maximum Gasteiger partial charge on any atom is 0.248 e. The number of fused-ring (bicyclic) bond motifs is 1. The van der Waals surface area contributed by atoms with Crippen LogP contribution in [0.3, 0.4) is 0 Å². The molecule has 2 aromatic carbocycles. The summed E-state index contributed by atoms with van der Waals surface area (Å²) in [6.45, 7) is 0.229. The van der Waals surface area contributed by atoms with Gasteiger partial charge >= 0.3 is 0 Å². The van der Waals surface area contributed by atoms with E-state index in [4.69, 9.17) is 15.2 Å². The van der Waals surface area contributed by atoms with E-state index < -0.39 is 5.91 Å². The molecule has 2 aromatic rings. The van der Waals surface area contributed by atoms with Crippen molar-refractivity contribution in [3.05, 3.63) is 46.4 Å². The minimum Gasteiger partial charge on any atom is -0.454 e. The van der Waals surface area contributed by atoms with Gasteiger partial charge in [-0.3, -0.25) is 4.79 Å². The quantitative estimate of drug-likeness (QED) is 0.925. The topological polar surface area (TPSA) is 61.6 Å². The first-order valence-electron chi connectivity index (χ1n) is 5.64. The van der Waals surface area contributed by atoms with Gasteiger partial charge in [-0.05, 0) is 35.4 Å². The number of rotatable bonds is 2. The molecule has 0 atom stereocenters. The van der Waals surface area contributed by atoms with Crippen molar-refractivity contribution in [2.45, 2.75) is 0 Å². The lowest BCUT2D eigenvalue weighted by atomic mass is 10.0. The van der Waals surface area contributed by atoms with Crippen molar-refractivity contribution in [3.63, 3.8) is 0 Å². The molecule has 1 aliphatic heterocycles. The maximum atomic E-state index is 11.2. The molecule has 1 amide bonds. The van der Waals surface area contributed by atoms with Crippen molar-refractivity contribution in [1.82, 2.24) is 0 Å². The van der Waals surface area contributed by atoms with E-state index >= 15 is 0 Å². The molecule has 0 unspecified atom stereocenters. The first-order valence-corrected chi connectivity index (χ1v) is 6.44. The van der Waals surface area contributed by atoms with E-state index in [9.17, 15) is 4.79 Å². The number of hydrogen-bond donors (Lipinski definition) is 1. The van der Waals surface area contributed by atoms with Crippen LogP contribution in [0.1, 0.15) is 10.4 Å². The number of hydrogen-bond acceptors (Lipinski definition) is 3. The third-order valence-corrected chi connectivity index (χ3v) is 3.58. The molecule has 2 N–H and O–H groups in total. The van der Waals surface area contributed by atoms with Gasteiger partial charge in [-0.25, -0.2) is 0 Å². The first-order chi connectivity index (χ1) is 9.15. The third-order valence-electron chi connectivity index (χ3n) is 2.92. The highest BCUT2D eigenvalue weighted by molar-refractivity contribution is 9.10. The molecule has 0 radical (unpaired) electrons. The van der Waals surface area contributed by atoms with Crippen LogP contribution in [0.2, 0.25) is 0 Å². The highest BCUT2D eigenvalue weighted by atomic mass is 79.9. The molecule has 0 aromatic heterocycles. The van der Waals surface area contributed by atoms with Crippen molar-refractivity contribution >= 4 is 21.8 Å². The highest BCUT2D eigenvalue weighted by Crippen LogP contribution is 2.41. The monoisotopic (exact) mass is 319 g/mol. The summed E-state index contributed by atoms with van der Waals surface area (Å²) in [5.74, 6) is 0.961. The SMILES string of the molecule is NC(=O)c1cccc(-c2cc3c(cc2Br)OCO3)c1. The van der Waals surface area contributed by atoms with Gasteiger partial charge in [0.1, 0.15) is 0 Å². The summed E-state index contributed by atoms with van der Waals surface area (Å²) >= 11 is 3.50. The molecule has 4 nitrogen and oxygen atoms in total. The average Bonchev–Trinajstić information content (AvgIpc) is 2.85. The lowest BCUT2D eigenvalue weighted by Crippen LogP contribution is -2.10. The minimum absolute atomic E-state index is 0.229. The summed E-state index contributed by atoms with van der Waals surface area (Å²) in [6, 6.07) is 10.9. The Kier molecular flexibility index (Phi) is 2.91. The lowest BCUT2D eigenvalue weighted by Gasteiger charge is -2.07. The number of carbonyl (C=O) groups is 1. The van der Waals surface area contributed by atoms with Gasteiger partial charge in [-0.2, -0.15) is 0 Å². The Labute approximate surface area is 118 Å². The van der Waals surface area contributed by atoms with Gasteiger partial charge in [-0.15, -0.1) is 0 Å². The summed E-state index contributed by atoms with van der Waals surface area (Å²) in [5, 5.41) is 0. The second-order valence-electron chi connectivity index (χ2n) is 4.13. The Bertz CT molecular complexity index is 670. The van der Waals surface area contributed by atoms with Gasteiger partial charge in [0.15, 0.2) is 11.5 Å². The molecular weight excluding hydrogens is 310 g/mol. The van der Waals surface area contributed by atoms with Gasteiger partial charge in [0, 0.05) is 10.0 Å². The number of benzene rings is 2. The second kappa shape index (κ2) is 4.59. The van der Waals surface area contributed by atoms with Crippen LogP contribution in [0.5, 0.6) is 11.5 Å². The van der Waals surface area contributed by atoms with E-state index in [-0.39, 0.29) is 6.79 Å². The molecule has 0 bridgehead atoms. The zero-order valence-corrected chi connectivity index (χ0v) is 11.4. The Morgan fingerprint density at radius 1 is 1.16 bits per heavy atom. The molecular formula is C14H10BrNO3. The third kappa shape index (κ3) is 2.17. The number of amides is 1. The zero-order chi connectivity index (χ0) is 13.4. The van der Waals surface area contributed by atoms with Crippen LogP contribution in [0.4, 0.5) is 0 Å². The fourth-order valence-corrected chi connectivity index (χ4v) is 2.53. The van der Waals surface area contributed by atoms with Crippen LogP contribution in [-0.4, -0.2) is 12.7 Å². The number of carbonyl (C=O) groups excluding carboxylic acids is 1. The summed E-state index contributed by atoms with van der Waals surface area (Å²) in [5.41, 5.74) is 7.58. The molecule has 0 spiro atoms. The molecule has 1 heterocycles. The Hall–Kier alpha value is -2.01. The fourth-order valence-electron chi connectivity index (χ4n) is 1.98. The zero-order valence-electron chi connectivity index (χ0n) is 9.85. The number of ether oxygens (including phenoxy) is 2. The molecule has 96 valence electrons. The van der Waals surface area contributed by atoms with E-state index in [1.165, 1.54) is 0 Å². The highest BCUT2D eigenvalue weighted by Gasteiger charge is 2.17. The summed E-state index contributed by atoms with van der Waals surface area (Å²) < 4.78 is 11.5. The lowest BCUT2D eigenvalue weighted by molar-refractivity contribution is 0.100. The van der Waals surface area contributed by atoms with Crippen LogP contribution in [0.15, 0.2) is 40.9 Å². The molecule has 0 saturated heterocycles. The smallest absolute Gasteiger partial charge is 0.248 e. The van der Waals surface area contributed by atoms with Crippen LogP contribution in [0, 0.1) is 0 Å². The summed E-state index contributed by atoms with van der Waals surface area (Å²) in [7, 11) is 0. The number of nitrogens with two attached hydrogens (primary N) is 1. The van der Waals surface area contributed by atoms with Crippen molar-refractivity contribution in [1.29, 1.82) is 0 Å². The van der Waals surface area contributed by atoms with Crippen LogP contribution in [-0.2, 0) is 0 Å². The van der Waals surface area contributed by atoms with Crippen LogP contribution >= 0.6 is 15.9 Å². The maximum absolute atomic E-state index is 11.2. The number of primary amides is 1. The van der Waals surface area contributed by atoms with Gasteiger partial charge < -0.3 is 15.2 Å². The van der Waals surface area contributed by atoms with Crippen molar-refractivity contribution in [2.75, 3.05) is 6.79 Å². The molecule has 19 heavy (non-hydrogen) atoms. The van der Waals surface area contributed by atoms with E-state index in [1.807, 2.05) is 18.2 Å². The van der Waals surface area contributed by atoms with Crippen LogP contribution in [0.25, 0.3) is 11.1 Å². The van der Waals surface area contributed by atoms with Gasteiger partial charge in [0.05, 0.1) is 0 Å². The van der Waals surface area contributed by atoms with Crippen molar-refractivity contribution in [2.24, 2.45) is 5.73 Å². The average molecular weight is 320 g/mol. The molecule has 5 heteroatoms. The Morgan fingerprint density at radius 2 is 1.89 bits per heavy atom. The minimum atomic E-state index is -0.446. The fraction of sp³-hybridized carbons (Fsp3) is 0.0714. The van der Waals surface area contributed by atoms with Gasteiger partial charge in [0.25, 0.3) is 0 Å².